The van der Waals surface area contributed by atoms with Crippen molar-refractivity contribution in [2.45, 2.75) is 63.2 Å². The Morgan fingerprint density at radius 3 is 2.28 bits per heavy atom. The fraction of sp³-hybridized carbons (Fsp3) is 0.923. The Morgan fingerprint density at radius 1 is 1.28 bits per heavy atom. The van der Waals surface area contributed by atoms with Crippen molar-refractivity contribution in [1.82, 2.24) is 0 Å². The molecule has 0 saturated carbocycles. The molecule has 0 aliphatic rings. The highest BCUT2D eigenvalue weighted by molar-refractivity contribution is 7.82. The quantitative estimate of drug-likeness (QED) is 0.370. The first kappa shape index (κ1) is 18.1. The summed E-state index contributed by atoms with van der Waals surface area (Å²) < 4.78 is -0.651. The van der Waals surface area contributed by atoms with Crippen molar-refractivity contribution in [3.63, 3.8) is 0 Å². The summed E-state index contributed by atoms with van der Waals surface area (Å²) in [5, 5.41) is 19.2. The summed E-state index contributed by atoms with van der Waals surface area (Å²) >= 11 is 8.57. The lowest BCUT2D eigenvalue weighted by Crippen LogP contribution is -2.45. The molecule has 3 unspecified atom stereocenters. The molecule has 0 aromatic carbocycles. The second kappa shape index (κ2) is 9.10. The summed E-state index contributed by atoms with van der Waals surface area (Å²) in [6, 6.07) is 0. The van der Waals surface area contributed by atoms with E-state index in [9.17, 15) is 15.0 Å². The smallest absolute Gasteiger partial charge is 0.310 e. The number of hydrogen-bond donors (Lipinski definition) is 4. The van der Waals surface area contributed by atoms with Gasteiger partial charge in [0.2, 0.25) is 0 Å². The van der Waals surface area contributed by atoms with Crippen LogP contribution in [0.2, 0.25) is 0 Å². The molecule has 2 N–H and O–H groups in total. The number of carboxylic acids is 1. The Labute approximate surface area is 121 Å². The highest BCUT2D eigenvalue weighted by atomic mass is 32.1. The molecule has 18 heavy (non-hydrogen) atoms. The SMILES string of the molecule is CCCCCCC(S)(CC)C(C(=O)O)C(O)CS. The second-order valence-corrected chi connectivity index (χ2v) is 6.09. The molecule has 0 amide bonds. The summed E-state index contributed by atoms with van der Waals surface area (Å²) in [7, 11) is 0. The third kappa shape index (κ3) is 5.41. The van der Waals surface area contributed by atoms with Gasteiger partial charge in [-0.2, -0.15) is 25.3 Å². The van der Waals surface area contributed by atoms with Crippen LogP contribution in [0.25, 0.3) is 0 Å². The van der Waals surface area contributed by atoms with Crippen molar-refractivity contribution in [3.8, 4) is 0 Å². The topological polar surface area (TPSA) is 57.5 Å². The van der Waals surface area contributed by atoms with Gasteiger partial charge in [-0.1, -0.05) is 39.5 Å². The van der Waals surface area contributed by atoms with Crippen LogP contribution in [0.1, 0.15) is 52.4 Å². The number of unbranched alkanes of at least 4 members (excludes halogenated alkanes) is 3. The summed E-state index contributed by atoms with van der Waals surface area (Å²) in [5.41, 5.74) is 0. The fourth-order valence-electron chi connectivity index (χ4n) is 2.27. The van der Waals surface area contributed by atoms with Gasteiger partial charge in [-0.25, -0.2) is 0 Å². The van der Waals surface area contributed by atoms with Crippen molar-refractivity contribution in [2.24, 2.45) is 5.92 Å². The molecular weight excluding hydrogens is 268 g/mol. The molecule has 0 radical (unpaired) electrons. The van der Waals surface area contributed by atoms with Gasteiger partial charge in [0.1, 0.15) is 0 Å². The van der Waals surface area contributed by atoms with E-state index >= 15 is 0 Å². The highest BCUT2D eigenvalue weighted by Crippen LogP contribution is 2.37. The number of thiol groups is 2. The van der Waals surface area contributed by atoms with Gasteiger partial charge in [0.05, 0.1) is 12.0 Å². The Hall–Kier alpha value is 0.130. The van der Waals surface area contributed by atoms with Gasteiger partial charge in [0, 0.05) is 10.5 Å². The molecule has 0 aliphatic heterocycles. The van der Waals surface area contributed by atoms with E-state index in [-0.39, 0.29) is 5.75 Å². The van der Waals surface area contributed by atoms with Crippen LogP contribution in [0.4, 0.5) is 0 Å². The van der Waals surface area contributed by atoms with E-state index in [1.54, 1.807) is 0 Å². The minimum Gasteiger partial charge on any atom is -0.481 e. The number of aliphatic carboxylic acids is 1. The maximum Gasteiger partial charge on any atom is 0.310 e. The normalized spacial score (nSPS) is 18.1. The number of aliphatic hydroxyl groups excluding tert-OH is 1. The molecule has 0 bridgehead atoms. The molecular formula is C13H26O3S2. The van der Waals surface area contributed by atoms with E-state index in [4.69, 9.17) is 0 Å². The lowest BCUT2D eigenvalue weighted by molar-refractivity contribution is -0.147. The lowest BCUT2D eigenvalue weighted by atomic mass is 9.81. The van der Waals surface area contributed by atoms with Crippen molar-refractivity contribution >= 4 is 31.2 Å². The monoisotopic (exact) mass is 294 g/mol. The van der Waals surface area contributed by atoms with Crippen LogP contribution < -0.4 is 0 Å². The number of hydrogen-bond acceptors (Lipinski definition) is 4. The molecule has 5 heteroatoms. The number of carboxylic acid groups (broad SMARTS) is 1. The fourth-order valence-corrected chi connectivity index (χ4v) is 2.92. The molecule has 0 heterocycles. The van der Waals surface area contributed by atoms with Crippen molar-refractivity contribution < 1.29 is 15.0 Å². The van der Waals surface area contributed by atoms with E-state index in [1.165, 1.54) is 0 Å². The zero-order valence-electron chi connectivity index (χ0n) is 11.3. The van der Waals surface area contributed by atoms with E-state index < -0.39 is 22.7 Å². The molecule has 0 rings (SSSR count). The van der Waals surface area contributed by atoms with Crippen LogP contribution in [0.5, 0.6) is 0 Å². The van der Waals surface area contributed by atoms with E-state index in [0.29, 0.717) is 12.8 Å². The average Bonchev–Trinajstić information content (AvgIpc) is 2.34. The van der Waals surface area contributed by atoms with Crippen LogP contribution in [0.15, 0.2) is 0 Å². The Morgan fingerprint density at radius 2 is 1.89 bits per heavy atom. The third-order valence-corrected chi connectivity index (χ3v) is 4.68. The molecule has 0 spiro atoms. The van der Waals surface area contributed by atoms with E-state index in [1.807, 2.05) is 6.92 Å². The molecule has 0 aromatic rings. The molecule has 108 valence electrons. The van der Waals surface area contributed by atoms with Crippen LogP contribution >= 0.6 is 25.3 Å². The molecule has 0 fully saturated rings. The largest absolute Gasteiger partial charge is 0.481 e. The van der Waals surface area contributed by atoms with Gasteiger partial charge in [0.15, 0.2) is 0 Å². The number of aliphatic hydroxyl groups is 1. The molecule has 0 saturated heterocycles. The summed E-state index contributed by atoms with van der Waals surface area (Å²) in [6.07, 6.45) is 4.73. The Bertz CT molecular complexity index is 248. The van der Waals surface area contributed by atoms with E-state index in [0.717, 1.165) is 25.7 Å². The Kier molecular flexibility index (Phi) is 9.17. The highest BCUT2D eigenvalue weighted by Gasteiger charge is 2.42. The van der Waals surface area contributed by atoms with Gasteiger partial charge in [-0.3, -0.25) is 4.79 Å². The minimum absolute atomic E-state index is 0.147. The van der Waals surface area contributed by atoms with Crippen molar-refractivity contribution in [2.75, 3.05) is 5.75 Å². The standard InChI is InChI=1S/C13H26O3S2/c1-3-5-6-7-8-13(18,4-2)11(12(15)16)10(14)9-17/h10-11,14,17-18H,3-9H2,1-2H3,(H,15,16). The van der Waals surface area contributed by atoms with Crippen molar-refractivity contribution in [3.05, 3.63) is 0 Å². The number of carbonyl (C=O) groups is 1. The zero-order chi connectivity index (χ0) is 14.2. The first-order chi connectivity index (χ1) is 8.42. The number of rotatable bonds is 10. The van der Waals surface area contributed by atoms with Gasteiger partial charge < -0.3 is 10.2 Å². The molecule has 3 atom stereocenters. The molecule has 0 aliphatic carbocycles. The third-order valence-electron chi connectivity index (χ3n) is 3.49. The summed E-state index contributed by atoms with van der Waals surface area (Å²) in [6.45, 7) is 4.06. The zero-order valence-corrected chi connectivity index (χ0v) is 13.1. The van der Waals surface area contributed by atoms with Gasteiger partial charge in [-0.15, -0.1) is 0 Å². The lowest BCUT2D eigenvalue weighted by Gasteiger charge is -2.36. The average molecular weight is 294 g/mol. The summed E-state index contributed by atoms with van der Waals surface area (Å²) in [5.74, 6) is -1.69. The van der Waals surface area contributed by atoms with Crippen molar-refractivity contribution in [1.29, 1.82) is 0 Å². The van der Waals surface area contributed by atoms with Gasteiger partial charge >= 0.3 is 5.97 Å². The van der Waals surface area contributed by atoms with Crippen LogP contribution in [-0.2, 0) is 4.79 Å². The Balaban J connectivity index is 4.68. The van der Waals surface area contributed by atoms with E-state index in [2.05, 4.69) is 32.2 Å². The van der Waals surface area contributed by atoms with Crippen LogP contribution in [0, 0.1) is 5.92 Å². The first-order valence-corrected chi connectivity index (χ1v) is 7.75. The predicted octanol–water partition coefficient (Wildman–Crippen LogP) is 3.03. The van der Waals surface area contributed by atoms with Gasteiger partial charge in [0.25, 0.3) is 0 Å². The molecule has 0 aromatic heterocycles. The second-order valence-electron chi connectivity index (χ2n) is 4.83. The predicted molar refractivity (Wildman–Crippen MR) is 81.8 cm³/mol. The first-order valence-electron chi connectivity index (χ1n) is 6.67. The summed E-state index contributed by atoms with van der Waals surface area (Å²) in [4.78, 5) is 11.4. The van der Waals surface area contributed by atoms with Crippen LogP contribution in [0.3, 0.4) is 0 Å². The van der Waals surface area contributed by atoms with Crippen LogP contribution in [-0.4, -0.2) is 32.8 Å². The minimum atomic E-state index is -0.983. The van der Waals surface area contributed by atoms with Gasteiger partial charge in [-0.05, 0) is 12.8 Å². The maximum atomic E-state index is 11.4. The molecule has 3 nitrogen and oxygen atoms in total. The maximum absolute atomic E-state index is 11.4.